The number of anilines is 1. The molecular formula is C16H22N2O5S. The quantitative estimate of drug-likeness (QED) is 0.809. The van der Waals surface area contributed by atoms with E-state index in [1.807, 2.05) is 6.92 Å². The van der Waals surface area contributed by atoms with Crippen molar-refractivity contribution in [2.75, 3.05) is 32.1 Å². The second-order valence-corrected chi connectivity index (χ2v) is 7.40. The third-order valence-corrected chi connectivity index (χ3v) is 5.39. The molecule has 7 nitrogen and oxygen atoms in total. The summed E-state index contributed by atoms with van der Waals surface area (Å²) in [4.78, 5) is 12.2. The molecule has 1 amide bonds. The Labute approximate surface area is 142 Å². The van der Waals surface area contributed by atoms with Crippen LogP contribution in [0.25, 0.3) is 0 Å². The van der Waals surface area contributed by atoms with Crippen molar-refractivity contribution in [2.24, 2.45) is 0 Å². The Bertz CT molecular complexity index is 698. The number of unbranched alkanes of at least 4 members (excludes halogenated alkanes) is 1. The minimum Gasteiger partial charge on any atom is -0.494 e. The number of ether oxygens (including phenoxy) is 2. The first-order valence-electron chi connectivity index (χ1n) is 7.77. The largest absolute Gasteiger partial charge is 0.494 e. The van der Waals surface area contributed by atoms with Crippen LogP contribution in [0.1, 0.15) is 19.8 Å². The van der Waals surface area contributed by atoms with Gasteiger partial charge in [0, 0.05) is 19.3 Å². The van der Waals surface area contributed by atoms with Gasteiger partial charge in [0.25, 0.3) is 5.91 Å². The van der Waals surface area contributed by atoms with Gasteiger partial charge in [0.2, 0.25) is 15.8 Å². The van der Waals surface area contributed by atoms with E-state index in [9.17, 15) is 13.2 Å². The van der Waals surface area contributed by atoms with Gasteiger partial charge in [0.15, 0.2) is 0 Å². The molecule has 0 radical (unpaired) electrons. The summed E-state index contributed by atoms with van der Waals surface area (Å²) in [6.45, 7) is 3.21. The van der Waals surface area contributed by atoms with Crippen molar-refractivity contribution in [1.29, 1.82) is 0 Å². The Kier molecular flexibility index (Phi) is 6.22. The average molecular weight is 354 g/mol. The molecule has 0 fully saturated rings. The van der Waals surface area contributed by atoms with E-state index in [1.54, 1.807) is 19.2 Å². The maximum atomic E-state index is 12.4. The zero-order chi connectivity index (χ0) is 17.6. The summed E-state index contributed by atoms with van der Waals surface area (Å²) in [6, 6.07) is 6.03. The number of sulfonamides is 1. The van der Waals surface area contributed by atoms with Crippen LogP contribution >= 0.6 is 0 Å². The number of hydrogen-bond donors (Lipinski definition) is 1. The van der Waals surface area contributed by atoms with Gasteiger partial charge < -0.3 is 14.8 Å². The van der Waals surface area contributed by atoms with Gasteiger partial charge in [0.05, 0.1) is 4.90 Å². The molecule has 1 N–H and O–H groups in total. The lowest BCUT2D eigenvalue weighted by Gasteiger charge is -2.17. The Hall–Kier alpha value is -2.06. The summed E-state index contributed by atoms with van der Waals surface area (Å²) in [6.07, 6.45) is 2.99. The Morgan fingerprint density at radius 1 is 1.25 bits per heavy atom. The molecule has 0 spiro atoms. The molecule has 0 aromatic heterocycles. The Morgan fingerprint density at radius 3 is 2.54 bits per heavy atom. The third-order valence-electron chi connectivity index (χ3n) is 3.52. The number of benzene rings is 1. The van der Waals surface area contributed by atoms with E-state index in [2.05, 4.69) is 5.32 Å². The first-order chi connectivity index (χ1) is 11.4. The molecule has 0 atom stereocenters. The van der Waals surface area contributed by atoms with E-state index < -0.39 is 15.9 Å². The molecule has 0 aliphatic carbocycles. The number of nitrogens with zero attached hydrogens (tertiary/aromatic N) is 1. The molecule has 1 aromatic carbocycles. The molecule has 0 saturated heterocycles. The summed E-state index contributed by atoms with van der Waals surface area (Å²) >= 11 is 0. The number of nitrogens with one attached hydrogen (secondary N) is 1. The van der Waals surface area contributed by atoms with Gasteiger partial charge in [-0.05, 0) is 30.7 Å². The zero-order valence-electron chi connectivity index (χ0n) is 13.8. The van der Waals surface area contributed by atoms with Crippen molar-refractivity contribution in [2.45, 2.75) is 24.7 Å². The maximum absolute atomic E-state index is 12.4. The standard InChI is InChI=1S/C16H22N2O5S/c1-3-4-9-18(2)24(20,21)14-7-5-13(6-8-14)17-16(19)15-12-22-10-11-23-15/h5-8,12H,3-4,9-11H2,1-2H3,(H,17,19). The van der Waals surface area contributed by atoms with Crippen LogP contribution < -0.4 is 5.32 Å². The molecule has 8 heteroatoms. The van der Waals surface area contributed by atoms with Crippen molar-refractivity contribution in [1.82, 2.24) is 4.31 Å². The molecule has 1 heterocycles. The molecular weight excluding hydrogens is 332 g/mol. The lowest BCUT2D eigenvalue weighted by Crippen LogP contribution is -2.28. The second kappa shape index (κ2) is 8.16. The maximum Gasteiger partial charge on any atom is 0.294 e. The van der Waals surface area contributed by atoms with E-state index >= 15 is 0 Å². The van der Waals surface area contributed by atoms with E-state index in [-0.39, 0.29) is 10.7 Å². The third kappa shape index (κ3) is 4.48. The SMILES string of the molecule is CCCCN(C)S(=O)(=O)c1ccc(NC(=O)C2=COCCO2)cc1. The minimum absolute atomic E-state index is 0.0947. The van der Waals surface area contributed by atoms with E-state index in [0.29, 0.717) is 25.4 Å². The topological polar surface area (TPSA) is 84.9 Å². The first-order valence-corrected chi connectivity index (χ1v) is 9.21. The molecule has 0 unspecified atom stereocenters. The van der Waals surface area contributed by atoms with Gasteiger partial charge in [-0.2, -0.15) is 0 Å². The summed E-state index contributed by atoms with van der Waals surface area (Å²) < 4.78 is 36.4. The van der Waals surface area contributed by atoms with Crippen LogP contribution in [0.15, 0.2) is 41.2 Å². The Balaban J connectivity index is 2.04. The highest BCUT2D eigenvalue weighted by atomic mass is 32.2. The van der Waals surface area contributed by atoms with E-state index in [1.165, 1.54) is 22.7 Å². The average Bonchev–Trinajstić information content (AvgIpc) is 2.60. The van der Waals surface area contributed by atoms with Gasteiger partial charge >= 0.3 is 0 Å². The predicted octanol–water partition coefficient (Wildman–Crippen LogP) is 1.93. The monoisotopic (exact) mass is 354 g/mol. The summed E-state index contributed by atoms with van der Waals surface area (Å²) in [5.41, 5.74) is 0.477. The number of amides is 1. The van der Waals surface area contributed by atoms with Crippen LogP contribution in [-0.2, 0) is 24.3 Å². The highest BCUT2D eigenvalue weighted by Crippen LogP contribution is 2.18. The van der Waals surface area contributed by atoms with Crippen LogP contribution in [0.5, 0.6) is 0 Å². The van der Waals surface area contributed by atoms with Crippen molar-refractivity contribution in [3.63, 3.8) is 0 Å². The van der Waals surface area contributed by atoms with E-state index in [0.717, 1.165) is 12.8 Å². The fourth-order valence-corrected chi connectivity index (χ4v) is 3.28. The summed E-state index contributed by atoms with van der Waals surface area (Å²) in [5, 5.41) is 2.63. The number of rotatable bonds is 7. The van der Waals surface area contributed by atoms with Crippen molar-refractivity contribution in [3.8, 4) is 0 Å². The summed E-state index contributed by atoms with van der Waals surface area (Å²) in [5.74, 6) is -0.345. The molecule has 132 valence electrons. The second-order valence-electron chi connectivity index (χ2n) is 5.36. The summed E-state index contributed by atoms with van der Waals surface area (Å²) in [7, 11) is -1.95. The van der Waals surface area contributed by atoms with Gasteiger partial charge in [-0.15, -0.1) is 0 Å². The van der Waals surface area contributed by atoms with Gasteiger partial charge in [-0.25, -0.2) is 12.7 Å². The van der Waals surface area contributed by atoms with Crippen LogP contribution in [0.2, 0.25) is 0 Å². The predicted molar refractivity (Wildman–Crippen MR) is 89.8 cm³/mol. The van der Waals surface area contributed by atoms with Gasteiger partial charge in [0.1, 0.15) is 19.5 Å². The normalized spacial score (nSPS) is 14.5. The lowest BCUT2D eigenvalue weighted by atomic mass is 10.3. The van der Waals surface area contributed by atoms with E-state index in [4.69, 9.17) is 9.47 Å². The molecule has 0 bridgehead atoms. The van der Waals surface area contributed by atoms with Crippen LogP contribution in [-0.4, -0.2) is 45.4 Å². The fraction of sp³-hybridized carbons (Fsp3) is 0.438. The zero-order valence-corrected chi connectivity index (χ0v) is 14.6. The molecule has 1 aliphatic rings. The van der Waals surface area contributed by atoms with Gasteiger partial charge in [-0.1, -0.05) is 13.3 Å². The molecule has 1 aromatic rings. The molecule has 24 heavy (non-hydrogen) atoms. The number of carbonyl (C=O) groups excluding carboxylic acids is 1. The van der Waals surface area contributed by atoms with Crippen molar-refractivity contribution in [3.05, 3.63) is 36.3 Å². The van der Waals surface area contributed by atoms with Crippen LogP contribution in [0.3, 0.4) is 0 Å². The molecule has 2 rings (SSSR count). The van der Waals surface area contributed by atoms with Crippen molar-refractivity contribution >= 4 is 21.6 Å². The van der Waals surface area contributed by atoms with Crippen LogP contribution in [0, 0.1) is 0 Å². The highest BCUT2D eigenvalue weighted by molar-refractivity contribution is 7.89. The molecule has 1 aliphatic heterocycles. The van der Waals surface area contributed by atoms with Crippen molar-refractivity contribution < 1.29 is 22.7 Å². The van der Waals surface area contributed by atoms with Gasteiger partial charge in [-0.3, -0.25) is 4.79 Å². The van der Waals surface area contributed by atoms with Crippen LogP contribution in [0.4, 0.5) is 5.69 Å². The smallest absolute Gasteiger partial charge is 0.294 e. The fourth-order valence-electron chi connectivity index (χ4n) is 2.07. The minimum atomic E-state index is -3.51. The first kappa shape index (κ1) is 18.3. The Morgan fingerprint density at radius 2 is 1.96 bits per heavy atom. The highest BCUT2D eigenvalue weighted by Gasteiger charge is 2.20. The number of carbonyl (C=O) groups is 1. The lowest BCUT2D eigenvalue weighted by molar-refractivity contribution is -0.117. The molecule has 0 saturated carbocycles. The number of hydrogen-bond acceptors (Lipinski definition) is 5.